The Morgan fingerprint density at radius 1 is 0.950 bits per heavy atom. The first kappa shape index (κ1) is 25.2. The van der Waals surface area contributed by atoms with Crippen LogP contribution >= 0.6 is 11.9 Å². The average molecular weight is 553 g/mol. The van der Waals surface area contributed by atoms with Crippen LogP contribution in [0.1, 0.15) is 41.0 Å². The van der Waals surface area contributed by atoms with Crippen LogP contribution in [0.5, 0.6) is 0 Å². The molecule has 40 heavy (non-hydrogen) atoms. The molecule has 0 saturated carbocycles. The second kappa shape index (κ2) is 10.3. The number of fused-ring (bicyclic) bond motifs is 2. The lowest BCUT2D eigenvalue weighted by molar-refractivity contribution is 0.0775. The van der Waals surface area contributed by atoms with Crippen molar-refractivity contribution in [1.82, 2.24) is 24.1 Å². The Morgan fingerprint density at radius 2 is 1.80 bits per heavy atom. The molecule has 1 aromatic carbocycles. The summed E-state index contributed by atoms with van der Waals surface area (Å²) in [6.45, 7) is 3.51. The van der Waals surface area contributed by atoms with E-state index < -0.39 is 5.41 Å². The number of benzene rings is 1. The summed E-state index contributed by atoms with van der Waals surface area (Å²) in [6.07, 6.45) is 11.3. The molecule has 202 valence electrons. The van der Waals surface area contributed by atoms with Gasteiger partial charge in [0.1, 0.15) is 17.3 Å². The summed E-state index contributed by atoms with van der Waals surface area (Å²) in [4.78, 5) is 26.8. The zero-order valence-corrected chi connectivity index (χ0v) is 22.9. The Morgan fingerprint density at radius 3 is 2.55 bits per heavy atom. The highest BCUT2D eigenvalue weighted by atomic mass is 32.2. The Bertz CT molecular complexity index is 1560. The molecule has 0 amide bonds. The lowest BCUT2D eigenvalue weighted by Crippen LogP contribution is -2.49. The highest BCUT2D eigenvalue weighted by molar-refractivity contribution is 7.97. The minimum Gasteiger partial charge on any atom is -0.357 e. The first-order chi connectivity index (χ1) is 19.6. The summed E-state index contributed by atoms with van der Waals surface area (Å²) >= 11 is 1.66. The van der Waals surface area contributed by atoms with E-state index in [-0.39, 0.29) is 11.6 Å². The van der Waals surface area contributed by atoms with Crippen LogP contribution in [0.4, 0.5) is 10.2 Å². The molecule has 3 aromatic heterocycles. The number of piperidine rings is 1. The maximum Gasteiger partial charge on any atom is 0.192 e. The van der Waals surface area contributed by atoms with Crippen LogP contribution in [0.25, 0.3) is 11.8 Å². The lowest BCUT2D eigenvalue weighted by atomic mass is 9.65. The molecule has 2 saturated heterocycles. The lowest BCUT2D eigenvalue weighted by Gasteiger charge is -2.44. The topological polar surface area (TPSA) is 67.2 Å². The van der Waals surface area contributed by atoms with Gasteiger partial charge in [-0.3, -0.25) is 9.78 Å². The van der Waals surface area contributed by atoms with Crippen LogP contribution in [0, 0.1) is 11.2 Å². The van der Waals surface area contributed by atoms with E-state index in [1.165, 1.54) is 25.0 Å². The van der Waals surface area contributed by atoms with Crippen molar-refractivity contribution in [1.29, 1.82) is 0 Å². The van der Waals surface area contributed by atoms with Gasteiger partial charge in [0.05, 0.1) is 23.0 Å². The maximum absolute atomic E-state index is 14.2. The fourth-order valence-corrected chi connectivity index (χ4v) is 7.13. The Labute approximate surface area is 236 Å². The predicted octanol–water partition coefficient (Wildman–Crippen LogP) is 5.62. The van der Waals surface area contributed by atoms with E-state index in [1.807, 2.05) is 29.2 Å². The summed E-state index contributed by atoms with van der Waals surface area (Å²) < 4.78 is 17.7. The van der Waals surface area contributed by atoms with Crippen LogP contribution in [0.15, 0.2) is 83.7 Å². The number of halogens is 1. The van der Waals surface area contributed by atoms with Gasteiger partial charge in [-0.15, -0.1) is 0 Å². The molecule has 9 heteroatoms. The number of Topliss-reactive ketones (excluding diaryl/α,β-unsaturated/α-hetero) is 1. The second-order valence-electron chi connectivity index (χ2n) is 10.7. The molecule has 0 unspecified atom stereocenters. The summed E-state index contributed by atoms with van der Waals surface area (Å²) in [6, 6.07) is 16.1. The SMILES string of the molecule is O=C(c1ccccn1)[C@]12Cc3cnn(-c4ccc(F)cc4)c3C=C1CCN(Sc1ccc(N3CCCC3)nc1)C2. The molecule has 2 fully saturated rings. The third-order valence-electron chi connectivity index (χ3n) is 8.17. The molecule has 7 rings (SSSR count). The molecule has 4 aromatic rings. The van der Waals surface area contributed by atoms with Gasteiger partial charge in [-0.2, -0.15) is 5.10 Å². The van der Waals surface area contributed by atoms with Crippen molar-refractivity contribution < 1.29 is 9.18 Å². The van der Waals surface area contributed by atoms with Gasteiger partial charge in [0.25, 0.3) is 0 Å². The van der Waals surface area contributed by atoms with Gasteiger partial charge in [0.15, 0.2) is 5.78 Å². The van der Waals surface area contributed by atoms with Crippen molar-refractivity contribution in [2.24, 2.45) is 5.41 Å². The van der Waals surface area contributed by atoms with Crippen LogP contribution in [-0.2, 0) is 6.42 Å². The Kier molecular flexibility index (Phi) is 6.48. The van der Waals surface area contributed by atoms with Gasteiger partial charge in [-0.25, -0.2) is 18.4 Å². The van der Waals surface area contributed by atoms with Crippen molar-refractivity contribution >= 4 is 29.6 Å². The second-order valence-corrected chi connectivity index (χ2v) is 11.8. The standard InChI is InChI=1S/C31H29FN6OS/c32-24-6-8-25(9-7-24)38-28-17-23-12-16-37(40-26-10-11-29(34-20-26)36-14-3-4-15-36)21-31(23,18-22(28)19-35-38)30(39)27-5-1-2-13-33-27/h1-2,5-11,13,17,19-20H,3-4,12,14-16,18,21H2/t31-/m0/s1. The van der Waals surface area contributed by atoms with Crippen molar-refractivity contribution in [2.45, 2.75) is 30.6 Å². The van der Waals surface area contributed by atoms with Gasteiger partial charge in [0, 0.05) is 43.5 Å². The van der Waals surface area contributed by atoms with E-state index in [2.05, 4.69) is 37.5 Å². The zero-order chi connectivity index (χ0) is 27.1. The fraction of sp³-hybridized carbons (Fsp3) is 0.290. The van der Waals surface area contributed by atoms with Crippen LogP contribution in [-0.4, -0.2) is 56.0 Å². The average Bonchev–Trinajstić information content (AvgIpc) is 3.67. The molecule has 2 aliphatic heterocycles. The molecular formula is C31H29FN6OS. The number of hydrogen-bond acceptors (Lipinski definition) is 7. The molecule has 1 atom stereocenters. The minimum atomic E-state index is -0.744. The smallest absolute Gasteiger partial charge is 0.192 e. The first-order valence-electron chi connectivity index (χ1n) is 13.7. The van der Waals surface area contributed by atoms with Crippen molar-refractivity contribution in [2.75, 3.05) is 31.1 Å². The summed E-state index contributed by atoms with van der Waals surface area (Å²) in [7, 11) is 0. The van der Waals surface area contributed by atoms with Crippen molar-refractivity contribution in [3.05, 3.63) is 102 Å². The summed E-state index contributed by atoms with van der Waals surface area (Å²) in [5.41, 5.74) is 3.58. The molecule has 0 spiro atoms. The molecule has 0 N–H and O–H groups in total. The van der Waals surface area contributed by atoms with Crippen LogP contribution in [0.3, 0.4) is 0 Å². The van der Waals surface area contributed by atoms with E-state index in [9.17, 15) is 9.18 Å². The number of carbonyl (C=O) groups is 1. The van der Waals surface area contributed by atoms with E-state index in [0.29, 0.717) is 18.7 Å². The van der Waals surface area contributed by atoms with Crippen molar-refractivity contribution in [3.8, 4) is 5.69 Å². The summed E-state index contributed by atoms with van der Waals surface area (Å²) in [5, 5.41) is 4.64. The largest absolute Gasteiger partial charge is 0.357 e. The van der Waals surface area contributed by atoms with E-state index in [0.717, 1.165) is 59.3 Å². The number of aromatic nitrogens is 4. The van der Waals surface area contributed by atoms with Crippen molar-refractivity contribution in [3.63, 3.8) is 0 Å². The molecule has 3 aliphatic rings. The number of nitrogens with zero attached hydrogens (tertiary/aromatic N) is 6. The summed E-state index contributed by atoms with van der Waals surface area (Å²) in [5.74, 6) is 0.784. The third kappa shape index (κ3) is 4.53. The number of carbonyl (C=O) groups excluding carboxylic acids is 1. The number of ketones is 1. The van der Waals surface area contributed by atoms with E-state index in [1.54, 1.807) is 36.3 Å². The van der Waals surface area contributed by atoms with E-state index >= 15 is 0 Å². The van der Waals surface area contributed by atoms with Gasteiger partial charge in [0.2, 0.25) is 0 Å². The molecule has 5 heterocycles. The fourth-order valence-electron chi connectivity index (χ4n) is 6.13. The highest BCUT2D eigenvalue weighted by Gasteiger charge is 2.49. The van der Waals surface area contributed by atoms with Crippen LogP contribution in [0.2, 0.25) is 0 Å². The quantitative estimate of drug-likeness (QED) is 0.227. The Hall–Kier alpha value is -3.82. The molecule has 1 aliphatic carbocycles. The maximum atomic E-state index is 14.2. The zero-order valence-electron chi connectivity index (χ0n) is 22.0. The third-order valence-corrected chi connectivity index (χ3v) is 9.19. The van der Waals surface area contributed by atoms with E-state index in [4.69, 9.17) is 4.98 Å². The minimum absolute atomic E-state index is 0.0346. The molecular weight excluding hydrogens is 523 g/mol. The molecule has 0 bridgehead atoms. The van der Waals surface area contributed by atoms with Gasteiger partial charge >= 0.3 is 0 Å². The monoisotopic (exact) mass is 552 g/mol. The van der Waals surface area contributed by atoms with Gasteiger partial charge in [-0.05, 0) is 97.8 Å². The Balaban J connectivity index is 1.20. The normalized spacial score (nSPS) is 20.6. The van der Waals surface area contributed by atoms with Gasteiger partial charge in [-0.1, -0.05) is 11.6 Å². The number of hydrogen-bond donors (Lipinski definition) is 0. The molecule has 7 nitrogen and oxygen atoms in total. The number of rotatable bonds is 6. The highest BCUT2D eigenvalue weighted by Crippen LogP contribution is 2.48. The van der Waals surface area contributed by atoms with Gasteiger partial charge < -0.3 is 4.90 Å². The molecule has 0 radical (unpaired) electrons. The first-order valence-corrected chi connectivity index (χ1v) is 14.5. The number of pyridine rings is 2. The predicted molar refractivity (Wildman–Crippen MR) is 154 cm³/mol. The van der Waals surface area contributed by atoms with Crippen LogP contribution < -0.4 is 4.90 Å². The number of anilines is 1.